The van der Waals surface area contributed by atoms with Crippen LogP contribution in [0, 0.1) is 0 Å². The molecule has 0 saturated carbocycles. The molecule has 2 aromatic heterocycles. The van der Waals surface area contributed by atoms with Crippen molar-refractivity contribution in [3.8, 4) is 5.75 Å². The number of benzene rings is 1. The van der Waals surface area contributed by atoms with Gasteiger partial charge in [-0.2, -0.15) is 5.10 Å². The lowest BCUT2D eigenvalue weighted by Gasteiger charge is -2.19. The Morgan fingerprint density at radius 3 is 2.74 bits per heavy atom. The van der Waals surface area contributed by atoms with Gasteiger partial charge in [-0.25, -0.2) is 5.01 Å². The Kier molecular flexibility index (Phi) is 5.02. The first-order valence-corrected chi connectivity index (χ1v) is 9.47. The van der Waals surface area contributed by atoms with E-state index < -0.39 is 0 Å². The minimum absolute atomic E-state index is 0.103. The number of carbonyl (C=O) groups is 1. The molecule has 1 amide bonds. The minimum atomic E-state index is -0.272. The van der Waals surface area contributed by atoms with Gasteiger partial charge >= 0.3 is 0 Å². The first-order valence-electron chi connectivity index (χ1n) is 8.49. The minimum Gasteiger partial charge on any atom is -0.496 e. The van der Waals surface area contributed by atoms with Crippen LogP contribution in [0.3, 0.4) is 0 Å². The summed E-state index contributed by atoms with van der Waals surface area (Å²) in [6.45, 7) is 0. The van der Waals surface area contributed by atoms with Crippen LogP contribution in [0.25, 0.3) is 0 Å². The van der Waals surface area contributed by atoms with Gasteiger partial charge in [0.2, 0.25) is 0 Å². The number of ether oxygens (including phenoxy) is 1. The van der Waals surface area contributed by atoms with Crippen LogP contribution in [-0.2, 0) is 4.79 Å². The molecule has 1 aromatic carbocycles. The second-order valence-electron chi connectivity index (χ2n) is 5.94. The summed E-state index contributed by atoms with van der Waals surface area (Å²) in [6.07, 6.45) is 3.75. The molecule has 3 aromatic rings. The second-order valence-corrected chi connectivity index (χ2v) is 6.95. The van der Waals surface area contributed by atoms with E-state index in [0.29, 0.717) is 17.9 Å². The van der Waals surface area contributed by atoms with E-state index in [1.807, 2.05) is 48.5 Å². The lowest BCUT2D eigenvalue weighted by Crippen LogP contribution is -2.28. The van der Waals surface area contributed by atoms with E-state index >= 15 is 0 Å². The number of furan rings is 2. The summed E-state index contributed by atoms with van der Waals surface area (Å²) < 4.78 is 16.3. The van der Waals surface area contributed by atoms with Crippen molar-refractivity contribution < 1.29 is 18.4 Å². The average Bonchev–Trinajstić information content (AvgIpc) is 3.46. The zero-order valence-corrected chi connectivity index (χ0v) is 15.5. The average molecular weight is 382 g/mol. The maximum atomic E-state index is 12.9. The molecular weight excluding hydrogens is 364 g/mol. The predicted octanol–water partition coefficient (Wildman–Crippen LogP) is 4.35. The van der Waals surface area contributed by atoms with Gasteiger partial charge in [0.05, 0.1) is 25.4 Å². The molecule has 0 spiro atoms. The van der Waals surface area contributed by atoms with Gasteiger partial charge in [0.15, 0.2) is 0 Å². The van der Waals surface area contributed by atoms with Gasteiger partial charge in [-0.05, 0) is 36.4 Å². The van der Waals surface area contributed by atoms with Crippen molar-refractivity contribution in [1.82, 2.24) is 5.01 Å². The van der Waals surface area contributed by atoms with Crippen LogP contribution in [0.4, 0.5) is 0 Å². The topological polar surface area (TPSA) is 68.2 Å². The maximum Gasteiger partial charge on any atom is 0.253 e. The molecular formula is C20H18N2O4S. The van der Waals surface area contributed by atoms with Gasteiger partial charge < -0.3 is 13.6 Å². The Hall–Kier alpha value is -2.93. The van der Waals surface area contributed by atoms with Gasteiger partial charge in [0.1, 0.15) is 29.0 Å². The summed E-state index contributed by atoms with van der Waals surface area (Å²) in [4.78, 5) is 13.8. The Balaban J connectivity index is 1.54. The summed E-state index contributed by atoms with van der Waals surface area (Å²) in [5.74, 6) is 2.26. The van der Waals surface area contributed by atoms with E-state index in [9.17, 15) is 4.79 Å². The predicted molar refractivity (Wildman–Crippen MR) is 102 cm³/mol. The third kappa shape index (κ3) is 3.64. The number of hydrazone groups is 1. The van der Waals surface area contributed by atoms with E-state index in [1.165, 1.54) is 16.8 Å². The molecule has 0 aliphatic carbocycles. The second kappa shape index (κ2) is 7.75. The van der Waals surface area contributed by atoms with E-state index in [2.05, 4.69) is 5.10 Å². The first-order chi connectivity index (χ1) is 13.3. The van der Waals surface area contributed by atoms with Crippen LogP contribution in [0.15, 0.2) is 79.9 Å². The van der Waals surface area contributed by atoms with E-state index in [4.69, 9.17) is 13.6 Å². The zero-order valence-electron chi connectivity index (χ0n) is 14.7. The Bertz CT molecular complexity index is 935. The number of hydrogen-bond acceptors (Lipinski definition) is 6. The summed E-state index contributed by atoms with van der Waals surface area (Å²) in [5, 5.41) is 6.02. The SMILES string of the molecule is COc1ccccc1SCC(=O)N1N=C(c2ccco2)CC1c1ccco1. The fraction of sp³-hybridized carbons (Fsp3) is 0.200. The molecule has 1 aliphatic rings. The van der Waals surface area contributed by atoms with E-state index in [1.54, 1.807) is 19.6 Å². The molecule has 1 aliphatic heterocycles. The highest BCUT2D eigenvalue weighted by atomic mass is 32.2. The van der Waals surface area contributed by atoms with Crippen molar-refractivity contribution in [2.45, 2.75) is 17.4 Å². The summed E-state index contributed by atoms with van der Waals surface area (Å²) in [6, 6.07) is 14.7. The van der Waals surface area contributed by atoms with Crippen molar-refractivity contribution in [1.29, 1.82) is 0 Å². The number of carbonyl (C=O) groups excluding carboxylic acids is 1. The molecule has 7 heteroatoms. The largest absolute Gasteiger partial charge is 0.496 e. The molecule has 0 saturated heterocycles. The van der Waals surface area contributed by atoms with Crippen molar-refractivity contribution in [3.05, 3.63) is 72.6 Å². The summed E-state index contributed by atoms with van der Waals surface area (Å²) >= 11 is 1.43. The molecule has 0 fully saturated rings. The van der Waals surface area contributed by atoms with Crippen LogP contribution < -0.4 is 4.74 Å². The third-order valence-electron chi connectivity index (χ3n) is 4.26. The molecule has 0 bridgehead atoms. The normalized spacial score (nSPS) is 16.4. The number of rotatable bonds is 6. The highest BCUT2D eigenvalue weighted by molar-refractivity contribution is 8.00. The van der Waals surface area contributed by atoms with Crippen molar-refractivity contribution >= 4 is 23.4 Å². The number of para-hydroxylation sites is 1. The van der Waals surface area contributed by atoms with Gasteiger partial charge in [0.25, 0.3) is 5.91 Å². The highest BCUT2D eigenvalue weighted by Crippen LogP contribution is 2.35. The number of hydrogen-bond donors (Lipinski definition) is 0. The van der Waals surface area contributed by atoms with Crippen LogP contribution >= 0.6 is 11.8 Å². The molecule has 6 nitrogen and oxygen atoms in total. The smallest absolute Gasteiger partial charge is 0.253 e. The number of thioether (sulfide) groups is 1. The standard InChI is InChI=1S/C20H18N2O4S/c1-24-18-6-2-3-9-19(18)27-13-20(23)22-15(17-8-5-11-26-17)12-14(21-22)16-7-4-10-25-16/h2-11,15H,12-13H2,1H3. The Morgan fingerprint density at radius 2 is 2.00 bits per heavy atom. The highest BCUT2D eigenvalue weighted by Gasteiger charge is 2.35. The maximum absolute atomic E-state index is 12.9. The quantitative estimate of drug-likeness (QED) is 0.593. The van der Waals surface area contributed by atoms with Crippen LogP contribution in [0.2, 0.25) is 0 Å². The monoisotopic (exact) mass is 382 g/mol. The van der Waals surface area contributed by atoms with Crippen molar-refractivity contribution in [3.63, 3.8) is 0 Å². The van der Waals surface area contributed by atoms with Crippen molar-refractivity contribution in [2.24, 2.45) is 5.10 Å². The van der Waals surface area contributed by atoms with E-state index in [0.717, 1.165) is 16.4 Å². The molecule has 3 heterocycles. The van der Waals surface area contributed by atoms with Gasteiger partial charge in [-0.15, -0.1) is 11.8 Å². The Labute approximate surface area is 160 Å². The van der Waals surface area contributed by atoms with Gasteiger partial charge in [0, 0.05) is 11.3 Å². The molecule has 0 N–H and O–H groups in total. The number of amides is 1. The molecule has 27 heavy (non-hydrogen) atoms. The molecule has 1 unspecified atom stereocenters. The zero-order chi connectivity index (χ0) is 18.6. The third-order valence-corrected chi connectivity index (χ3v) is 5.30. The number of methoxy groups -OCH3 is 1. The van der Waals surface area contributed by atoms with Gasteiger partial charge in [-0.3, -0.25) is 4.79 Å². The summed E-state index contributed by atoms with van der Waals surface area (Å²) in [5.41, 5.74) is 0.733. The van der Waals surface area contributed by atoms with Crippen LogP contribution in [0.1, 0.15) is 24.0 Å². The molecule has 138 valence electrons. The van der Waals surface area contributed by atoms with Gasteiger partial charge in [-0.1, -0.05) is 12.1 Å². The fourth-order valence-electron chi connectivity index (χ4n) is 2.98. The lowest BCUT2D eigenvalue weighted by atomic mass is 10.1. The summed E-state index contributed by atoms with van der Waals surface area (Å²) in [7, 11) is 1.62. The number of nitrogens with zero attached hydrogens (tertiary/aromatic N) is 2. The fourth-order valence-corrected chi connectivity index (χ4v) is 3.86. The molecule has 0 radical (unpaired) electrons. The molecule has 1 atom stereocenters. The van der Waals surface area contributed by atoms with Crippen LogP contribution in [0.5, 0.6) is 5.75 Å². The first kappa shape index (κ1) is 17.5. The van der Waals surface area contributed by atoms with Crippen molar-refractivity contribution in [2.75, 3.05) is 12.9 Å². The Morgan fingerprint density at radius 1 is 1.19 bits per heavy atom. The molecule has 4 rings (SSSR count). The lowest BCUT2D eigenvalue weighted by molar-refractivity contribution is -0.130. The van der Waals surface area contributed by atoms with E-state index in [-0.39, 0.29) is 17.7 Å². The van der Waals surface area contributed by atoms with Crippen LogP contribution in [-0.4, -0.2) is 29.5 Å².